The molecule has 0 amide bonds. The first kappa shape index (κ1) is 31.3. The predicted molar refractivity (Wildman–Crippen MR) is 180 cm³/mol. The van der Waals surface area contributed by atoms with E-state index in [1.54, 1.807) is 0 Å². The van der Waals surface area contributed by atoms with Gasteiger partial charge in [-0.1, -0.05) is 11.2 Å². The number of azide groups is 1. The molecular weight excluding hydrogens is 653 g/mol. The van der Waals surface area contributed by atoms with Gasteiger partial charge in [-0.05, 0) is 80.3 Å². The van der Waals surface area contributed by atoms with Gasteiger partial charge in [0, 0.05) is 82.7 Å². The molecule has 250 valence electrons. The molecule has 5 aliphatic heterocycles. The molecule has 3 aromatic rings. The van der Waals surface area contributed by atoms with Crippen LogP contribution in [0, 0.1) is 0 Å². The second kappa shape index (κ2) is 11.9. The molecule has 0 fully saturated rings. The van der Waals surface area contributed by atoms with Gasteiger partial charge in [0.15, 0.2) is 0 Å². The number of fused-ring (bicyclic) bond motifs is 4. The number of ether oxygens (including phenoxy) is 1. The number of nitrogens with one attached hydrogen (secondary N) is 1. The average Bonchev–Trinajstić information content (AvgIpc) is 3.07. The van der Waals surface area contributed by atoms with Gasteiger partial charge in [-0.15, -0.1) is 0 Å². The van der Waals surface area contributed by atoms with Crippen LogP contribution in [0.15, 0.2) is 45.2 Å². The Kier molecular flexibility index (Phi) is 7.76. The summed E-state index contributed by atoms with van der Waals surface area (Å²) in [7, 11) is -9.04. The Morgan fingerprint density at radius 2 is 1.71 bits per heavy atom. The monoisotopic (exact) mass is 689 g/mol. The van der Waals surface area contributed by atoms with Crippen LogP contribution in [0.5, 0.6) is 11.5 Å². The summed E-state index contributed by atoms with van der Waals surface area (Å²) in [6.45, 7) is 4.12. The van der Waals surface area contributed by atoms with E-state index in [-0.39, 0.29) is 23.5 Å². The van der Waals surface area contributed by atoms with Crippen molar-refractivity contribution in [2.24, 2.45) is 5.11 Å². The number of hydrogen-bond acceptors (Lipinski definition) is 7. The van der Waals surface area contributed by atoms with Gasteiger partial charge in [0.2, 0.25) is 5.36 Å². The fourth-order valence-corrected chi connectivity index (χ4v) is 10.3. The Labute approximate surface area is 279 Å². The third kappa shape index (κ3) is 5.17. The molecule has 0 bridgehead atoms. The zero-order valence-corrected chi connectivity index (χ0v) is 28.2. The van der Waals surface area contributed by atoms with E-state index in [1.807, 2.05) is 0 Å². The fraction of sp³-hybridized carbons (Fsp3) is 0.441. The largest absolute Gasteiger partial charge is 0.744 e. The van der Waals surface area contributed by atoms with Gasteiger partial charge >= 0.3 is 10.0 Å². The molecule has 0 saturated carbocycles. The first-order chi connectivity index (χ1) is 23.2. The summed E-state index contributed by atoms with van der Waals surface area (Å²) in [5, 5.41) is 5.41. The van der Waals surface area contributed by atoms with Crippen LogP contribution in [0.1, 0.15) is 65.5 Å². The van der Waals surface area contributed by atoms with Crippen molar-refractivity contribution >= 4 is 31.4 Å². The fourth-order valence-electron chi connectivity index (χ4n) is 8.38. The normalized spacial score (nSPS) is 18.8. The first-order valence-electron chi connectivity index (χ1n) is 16.7. The van der Waals surface area contributed by atoms with Crippen LogP contribution < -0.4 is 29.5 Å². The number of anilines is 1. The van der Waals surface area contributed by atoms with Crippen molar-refractivity contribution < 1.29 is 26.1 Å². The Hall–Kier alpha value is -3.94. The van der Waals surface area contributed by atoms with Crippen LogP contribution in [0.2, 0.25) is 0 Å². The number of aryl methyl sites for hydroxylation is 2. The van der Waals surface area contributed by atoms with Gasteiger partial charge < -0.3 is 14.2 Å². The van der Waals surface area contributed by atoms with Crippen LogP contribution in [0.4, 0.5) is 5.69 Å². The van der Waals surface area contributed by atoms with E-state index < -0.39 is 25.0 Å². The predicted octanol–water partition coefficient (Wildman–Crippen LogP) is 3.16. The molecule has 1 unspecified atom stereocenters. The number of rotatable bonds is 8. The van der Waals surface area contributed by atoms with Crippen molar-refractivity contribution in [2.45, 2.75) is 67.6 Å². The molecule has 5 aliphatic rings. The minimum absolute atomic E-state index is 0.0425. The average molecular weight is 690 g/mol. The Bertz CT molecular complexity index is 2290. The molecule has 0 aliphatic carbocycles. The van der Waals surface area contributed by atoms with E-state index in [0.29, 0.717) is 12.0 Å². The van der Waals surface area contributed by atoms with Gasteiger partial charge in [0.25, 0.3) is 0 Å². The third-order valence-electron chi connectivity index (χ3n) is 10.3. The zero-order chi connectivity index (χ0) is 33.2. The van der Waals surface area contributed by atoms with Crippen LogP contribution in [0.3, 0.4) is 0 Å². The molecule has 8 rings (SSSR count). The van der Waals surface area contributed by atoms with Crippen molar-refractivity contribution in [3.8, 4) is 11.5 Å². The highest BCUT2D eigenvalue weighted by Gasteiger charge is 2.36. The SMILES string of the molecule is [N-]=[N+]=NCCCNS(=O)(=[OH+])c1ccc(C2=c3cc4c5c(c3Oc3c2cc2c6c3CCCN6CCC2)CCC[N+]=5CCC4)c(S(=O)(=O)[O-])c1. The maximum Gasteiger partial charge on any atom is 0.373 e. The maximum atomic E-state index is 13.4. The summed E-state index contributed by atoms with van der Waals surface area (Å²) in [6.07, 6.45) is 7.74. The highest BCUT2D eigenvalue weighted by Crippen LogP contribution is 2.49. The lowest BCUT2D eigenvalue weighted by Crippen LogP contribution is -2.45. The first-order valence-corrected chi connectivity index (χ1v) is 19.6. The number of nitrogens with zero attached hydrogens (tertiary/aromatic N) is 5. The van der Waals surface area contributed by atoms with Gasteiger partial charge in [-0.3, -0.25) is 0 Å². The van der Waals surface area contributed by atoms with E-state index in [1.165, 1.54) is 34.3 Å². The van der Waals surface area contributed by atoms with Crippen LogP contribution in [0.25, 0.3) is 16.0 Å². The lowest BCUT2D eigenvalue weighted by atomic mass is 9.82. The second-order valence-corrected chi connectivity index (χ2v) is 16.3. The lowest BCUT2D eigenvalue weighted by Gasteiger charge is -2.39. The third-order valence-corrected chi connectivity index (χ3v) is 12.7. The molecule has 0 aromatic heterocycles. The van der Waals surface area contributed by atoms with Crippen LogP contribution in [-0.4, -0.2) is 60.7 Å². The van der Waals surface area contributed by atoms with E-state index in [9.17, 15) is 21.4 Å². The molecule has 14 heteroatoms. The van der Waals surface area contributed by atoms with Gasteiger partial charge in [-0.2, -0.15) is 8.93 Å². The molecule has 48 heavy (non-hydrogen) atoms. The lowest BCUT2D eigenvalue weighted by molar-refractivity contribution is 0.431. The smallest absolute Gasteiger partial charge is 0.373 e. The molecule has 1 atom stereocenters. The van der Waals surface area contributed by atoms with Crippen molar-refractivity contribution in [3.05, 3.63) is 84.7 Å². The Morgan fingerprint density at radius 1 is 0.958 bits per heavy atom. The quantitative estimate of drug-likeness (QED) is 0.0566. The highest BCUT2D eigenvalue weighted by molar-refractivity contribution is 7.89. The van der Waals surface area contributed by atoms with Gasteiger partial charge in [0.1, 0.15) is 39.6 Å². The molecule has 0 spiro atoms. The van der Waals surface area contributed by atoms with E-state index in [0.717, 1.165) is 117 Å². The number of benzene rings is 3. The highest BCUT2D eigenvalue weighted by atomic mass is 32.2. The van der Waals surface area contributed by atoms with E-state index in [2.05, 4.69) is 36.4 Å². The summed E-state index contributed by atoms with van der Waals surface area (Å²) in [6, 6.07) is 8.20. The van der Waals surface area contributed by atoms with Crippen molar-refractivity contribution in [1.29, 1.82) is 0 Å². The molecule has 2 N–H and O–H groups in total. The minimum Gasteiger partial charge on any atom is -0.744 e. The van der Waals surface area contributed by atoms with E-state index in [4.69, 9.17) is 10.3 Å². The topological polar surface area (TPSA) is 172 Å². The molecule has 5 heterocycles. The molecule has 0 radical (unpaired) electrons. The Balaban J connectivity index is 1.41. The molecular formula is C34H37N6O6S2+. The maximum absolute atomic E-state index is 13.4. The van der Waals surface area contributed by atoms with Crippen molar-refractivity contribution in [1.82, 2.24) is 9.30 Å². The number of hydrogen-bond donors (Lipinski definition) is 1. The van der Waals surface area contributed by atoms with Crippen LogP contribution >= 0.6 is 0 Å². The van der Waals surface area contributed by atoms with Gasteiger partial charge in [-0.25, -0.2) is 17.2 Å². The summed E-state index contributed by atoms with van der Waals surface area (Å²) < 4.78 is 75.5. The minimum atomic E-state index is -5.11. The molecule has 12 nitrogen and oxygen atoms in total. The molecule has 0 saturated heterocycles. The van der Waals surface area contributed by atoms with Crippen molar-refractivity contribution in [3.63, 3.8) is 0 Å². The molecule has 3 aromatic carbocycles. The summed E-state index contributed by atoms with van der Waals surface area (Å²) >= 11 is 0. The standard InChI is InChI=1S/C34H36N6O6S2/c35-38-36-12-5-13-37-47(41,42)23-10-11-24(29(20-23)48(43,44)45)30-27-18-21-6-1-14-39-16-3-8-25(31(21)39)33(27)46-34-26-9-4-17-40-15-2-7-22(32(26)40)19-28(30)34/h10-11,18-20H,1-9,12-17H2,(H-,37,41,42,43,44,45)/p+1. The summed E-state index contributed by atoms with van der Waals surface area (Å²) in [4.78, 5) is 4.35. The van der Waals surface area contributed by atoms with Crippen molar-refractivity contribution in [2.75, 3.05) is 44.2 Å². The van der Waals surface area contributed by atoms with E-state index >= 15 is 0 Å². The summed E-state index contributed by atoms with van der Waals surface area (Å²) in [5.74, 6) is 1.44. The van der Waals surface area contributed by atoms with Crippen LogP contribution in [-0.2, 0) is 45.8 Å². The van der Waals surface area contributed by atoms with Gasteiger partial charge in [0.05, 0.1) is 10.5 Å². The Morgan fingerprint density at radius 3 is 2.50 bits per heavy atom. The second-order valence-electron chi connectivity index (χ2n) is 13.2. The zero-order valence-electron chi connectivity index (χ0n) is 26.5. The summed E-state index contributed by atoms with van der Waals surface area (Å²) in [5.41, 5.74) is 15.9.